The molecule has 3 N–H and O–H groups in total. The first-order chi connectivity index (χ1) is 17.8. The molecule has 40 heavy (non-hydrogen) atoms. The van der Waals surface area contributed by atoms with Crippen molar-refractivity contribution in [3.8, 4) is 5.75 Å². The average molecular weight is 606 g/mol. The summed E-state index contributed by atoms with van der Waals surface area (Å²) in [5, 5.41) is 36.5. The molecule has 0 amide bonds. The third-order valence-electron chi connectivity index (χ3n) is 5.04. The van der Waals surface area contributed by atoms with Crippen LogP contribution in [0.15, 0.2) is 103 Å². The molecular weight excluding hydrogens is 588 g/mol. The van der Waals surface area contributed by atoms with Gasteiger partial charge in [-0.15, -0.1) is 10.2 Å². The molecule has 0 saturated heterocycles. The second-order valence-corrected chi connectivity index (χ2v) is 10.4. The largest absolute Gasteiger partial charge is 1.00 e. The van der Waals surface area contributed by atoms with Gasteiger partial charge >= 0.3 is 59.1 Å². The average Bonchev–Trinajstić information content (AvgIpc) is 2.86. The summed E-state index contributed by atoms with van der Waals surface area (Å²) in [4.78, 5) is 8.51. The zero-order valence-electron chi connectivity index (χ0n) is 22.8. The molecule has 0 aromatic heterocycles. The molecule has 0 aliphatic rings. The van der Waals surface area contributed by atoms with E-state index in [-0.39, 0.29) is 84.1 Å². The summed E-state index contributed by atoms with van der Waals surface area (Å²) in [5.74, 6) is -0.788. The first-order valence-electron chi connectivity index (χ1n) is 10.3. The maximum absolute atomic E-state index is 12.0. The van der Waals surface area contributed by atoms with Gasteiger partial charge in [-0.05, 0) is 47.9 Å². The van der Waals surface area contributed by atoms with Gasteiger partial charge in [0.2, 0.25) is 0 Å². The smallest absolute Gasteiger partial charge is 1.00 e. The number of nitro benzene ring substituents is 1. The number of hydrogen-bond acceptors (Lipinski definition) is 11. The van der Waals surface area contributed by atoms with Crippen LogP contribution in [0.25, 0.3) is 10.8 Å². The SMILES string of the molecule is O=[N+]([O-])c1ccc(N=Nc2cc3c(O)c(N=Nc4ccccc4)c(S(=O)(=O)O)cc3cc2S(=O)(=O)O)cc1.[H-].[H-].[Na+].[Na+]. The maximum Gasteiger partial charge on any atom is 1.00 e. The third-order valence-corrected chi connectivity index (χ3v) is 6.79. The van der Waals surface area contributed by atoms with Crippen molar-refractivity contribution in [2.45, 2.75) is 9.79 Å². The van der Waals surface area contributed by atoms with E-state index in [9.17, 15) is 41.2 Å². The standard InChI is InChI=1S/C22H15N5O9S2.2Na.2H/c28-22-17-12-18(25-23-15-6-8-16(9-7-15)27(29)30)19(37(31,32)33)10-13(17)11-20(38(34,35)36)21(22)26-24-14-4-2-1-3-5-14;;;;/h1-12,28H,(H,31,32,33)(H,34,35,36);;;;/q;2*+1;2*-1. The molecule has 0 radical (unpaired) electrons. The van der Waals surface area contributed by atoms with Crippen molar-refractivity contribution in [1.29, 1.82) is 0 Å². The molecule has 4 rings (SSSR count). The number of nitro groups is 1. The first kappa shape index (κ1) is 33.6. The van der Waals surface area contributed by atoms with Gasteiger partial charge in [0, 0.05) is 17.5 Å². The number of non-ortho nitro benzene ring substituents is 1. The van der Waals surface area contributed by atoms with E-state index in [1.807, 2.05) is 0 Å². The summed E-state index contributed by atoms with van der Waals surface area (Å²) in [6.07, 6.45) is 0. The zero-order chi connectivity index (χ0) is 27.7. The fourth-order valence-corrected chi connectivity index (χ4v) is 4.59. The van der Waals surface area contributed by atoms with E-state index in [1.54, 1.807) is 30.3 Å². The van der Waals surface area contributed by atoms with Crippen molar-refractivity contribution in [3.63, 3.8) is 0 Å². The minimum Gasteiger partial charge on any atom is -1.00 e. The first-order valence-corrected chi connectivity index (χ1v) is 13.1. The van der Waals surface area contributed by atoms with Gasteiger partial charge in [-0.3, -0.25) is 19.2 Å². The summed E-state index contributed by atoms with van der Waals surface area (Å²) in [5.41, 5.74) is -0.918. The van der Waals surface area contributed by atoms with Crippen LogP contribution in [0.5, 0.6) is 5.75 Å². The van der Waals surface area contributed by atoms with E-state index in [1.165, 1.54) is 12.1 Å². The molecule has 0 spiro atoms. The van der Waals surface area contributed by atoms with Crippen molar-refractivity contribution < 1.29 is 97.9 Å². The van der Waals surface area contributed by atoms with Crippen LogP contribution in [0.4, 0.5) is 28.4 Å². The number of hydrogen-bond donors (Lipinski definition) is 3. The monoisotopic (exact) mass is 605 g/mol. The van der Waals surface area contributed by atoms with Gasteiger partial charge in [-0.25, -0.2) is 0 Å². The van der Waals surface area contributed by atoms with Crippen LogP contribution in [0, 0.1) is 10.1 Å². The molecule has 0 bridgehead atoms. The number of rotatable bonds is 7. The molecule has 0 aliphatic carbocycles. The summed E-state index contributed by atoms with van der Waals surface area (Å²) in [6.45, 7) is 0. The van der Waals surface area contributed by atoms with E-state index in [2.05, 4.69) is 20.5 Å². The Morgan fingerprint density at radius 2 is 1.25 bits per heavy atom. The fraction of sp³-hybridized carbons (Fsp3) is 0. The van der Waals surface area contributed by atoms with E-state index in [0.717, 1.165) is 30.3 Å². The maximum atomic E-state index is 12.0. The molecule has 0 saturated carbocycles. The Morgan fingerprint density at radius 1 is 0.725 bits per heavy atom. The Bertz CT molecular complexity index is 1860. The minimum absolute atomic E-state index is 0. The number of phenols is 1. The Kier molecular flexibility index (Phi) is 11.2. The minimum atomic E-state index is -4.98. The summed E-state index contributed by atoms with van der Waals surface area (Å²) in [7, 11) is -9.93. The molecule has 4 aromatic rings. The van der Waals surface area contributed by atoms with Gasteiger partial charge in [0.15, 0.2) is 5.75 Å². The molecule has 198 valence electrons. The van der Waals surface area contributed by atoms with E-state index < -0.39 is 52.1 Å². The van der Waals surface area contributed by atoms with Crippen LogP contribution in [0.2, 0.25) is 0 Å². The quantitative estimate of drug-likeness (QED) is 0.0847. The number of azo groups is 2. The summed E-state index contributed by atoms with van der Waals surface area (Å²) < 4.78 is 67.6. The van der Waals surface area contributed by atoms with Crippen LogP contribution in [0.3, 0.4) is 0 Å². The van der Waals surface area contributed by atoms with Gasteiger partial charge in [-0.2, -0.15) is 27.1 Å². The number of nitrogens with zero attached hydrogens (tertiary/aromatic N) is 5. The predicted molar refractivity (Wildman–Crippen MR) is 135 cm³/mol. The molecule has 0 fully saturated rings. The van der Waals surface area contributed by atoms with E-state index in [0.29, 0.717) is 5.69 Å². The fourth-order valence-electron chi connectivity index (χ4n) is 3.30. The number of aromatic hydroxyl groups is 1. The number of phenolic OH excluding ortho intramolecular Hbond substituents is 1. The molecule has 0 unspecified atom stereocenters. The Balaban J connectivity index is 0.00000420. The van der Waals surface area contributed by atoms with Crippen molar-refractivity contribution in [2.24, 2.45) is 20.5 Å². The molecule has 0 atom stereocenters. The van der Waals surface area contributed by atoms with E-state index >= 15 is 0 Å². The second-order valence-electron chi connectivity index (χ2n) is 7.57. The van der Waals surface area contributed by atoms with Gasteiger partial charge in [0.25, 0.3) is 25.9 Å². The molecule has 4 aromatic carbocycles. The van der Waals surface area contributed by atoms with Gasteiger partial charge in [-0.1, -0.05) is 18.2 Å². The summed E-state index contributed by atoms with van der Waals surface area (Å²) in [6, 6.07) is 15.5. The van der Waals surface area contributed by atoms with Gasteiger partial charge < -0.3 is 7.96 Å². The van der Waals surface area contributed by atoms with Crippen LogP contribution >= 0.6 is 0 Å². The Labute approximate surface area is 274 Å². The number of fused-ring (bicyclic) bond motifs is 1. The van der Waals surface area contributed by atoms with Crippen LogP contribution < -0.4 is 59.1 Å². The molecule has 0 heterocycles. The Morgan fingerprint density at radius 3 is 1.80 bits per heavy atom. The third kappa shape index (κ3) is 7.76. The Hall–Kier alpha value is -2.64. The summed E-state index contributed by atoms with van der Waals surface area (Å²) >= 11 is 0. The van der Waals surface area contributed by atoms with Crippen molar-refractivity contribution in [2.75, 3.05) is 0 Å². The molecule has 14 nitrogen and oxygen atoms in total. The second kappa shape index (κ2) is 13.3. The van der Waals surface area contributed by atoms with Crippen molar-refractivity contribution >= 4 is 59.4 Å². The van der Waals surface area contributed by atoms with Crippen LogP contribution in [0.1, 0.15) is 2.85 Å². The molecule has 18 heteroatoms. The zero-order valence-corrected chi connectivity index (χ0v) is 26.4. The van der Waals surface area contributed by atoms with E-state index in [4.69, 9.17) is 0 Å². The van der Waals surface area contributed by atoms with Crippen LogP contribution in [-0.4, -0.2) is 36.0 Å². The van der Waals surface area contributed by atoms with Crippen LogP contribution in [-0.2, 0) is 20.2 Å². The predicted octanol–water partition coefficient (Wildman–Crippen LogP) is 0.0108. The van der Waals surface area contributed by atoms with Crippen molar-refractivity contribution in [1.82, 2.24) is 0 Å². The van der Waals surface area contributed by atoms with Crippen molar-refractivity contribution in [3.05, 3.63) is 82.9 Å². The van der Waals surface area contributed by atoms with Gasteiger partial charge in [0.05, 0.1) is 16.3 Å². The normalized spacial score (nSPS) is 11.8. The van der Waals surface area contributed by atoms with Gasteiger partial charge in [0.1, 0.15) is 21.2 Å². The topological polar surface area (TPSA) is 222 Å². The molecular formula is C22H17N5Na2O9S2. The molecule has 0 aliphatic heterocycles. The number of benzene rings is 4.